The summed E-state index contributed by atoms with van der Waals surface area (Å²) in [4.78, 5) is 14.1. The second-order valence-electron chi connectivity index (χ2n) is 4.12. The van der Waals surface area contributed by atoms with E-state index in [4.69, 9.17) is 11.6 Å². The van der Waals surface area contributed by atoms with E-state index in [0.29, 0.717) is 5.56 Å². The molecule has 0 aliphatic carbocycles. The van der Waals surface area contributed by atoms with Crippen LogP contribution in [0.4, 0.5) is 0 Å². The van der Waals surface area contributed by atoms with Gasteiger partial charge in [-0.1, -0.05) is 17.7 Å². The predicted molar refractivity (Wildman–Crippen MR) is 72.3 cm³/mol. The molecule has 0 fully saturated rings. The summed E-state index contributed by atoms with van der Waals surface area (Å²) < 4.78 is 0. The van der Waals surface area contributed by atoms with E-state index in [0.717, 1.165) is 28.2 Å². The van der Waals surface area contributed by atoms with Gasteiger partial charge in [-0.15, -0.1) is 0 Å². The topological polar surface area (TPSA) is 56.0 Å². The molecule has 0 saturated carbocycles. The van der Waals surface area contributed by atoms with Crippen molar-refractivity contribution < 1.29 is 4.92 Å². The Hall–Kier alpha value is -1.94. The fourth-order valence-corrected chi connectivity index (χ4v) is 2.09. The molecule has 0 aliphatic heterocycles. The van der Waals surface area contributed by atoms with E-state index in [-0.39, 0.29) is 5.15 Å². The largest absolute Gasteiger partial charge is 0.259 e. The van der Waals surface area contributed by atoms with Crippen molar-refractivity contribution in [2.75, 3.05) is 0 Å². The SMILES string of the molecule is Cc1cc(C)c2cc(/C=C/[N+](=O)[O-])c(Cl)nc2c1. The number of nitrogens with zero attached hydrogens (tertiary/aromatic N) is 2. The Morgan fingerprint density at radius 1 is 1.33 bits per heavy atom. The normalized spacial score (nSPS) is 11.3. The second-order valence-corrected chi connectivity index (χ2v) is 4.48. The summed E-state index contributed by atoms with van der Waals surface area (Å²) in [5, 5.41) is 11.5. The van der Waals surface area contributed by atoms with E-state index in [1.807, 2.05) is 32.0 Å². The van der Waals surface area contributed by atoms with Gasteiger partial charge in [-0.05, 0) is 37.1 Å². The van der Waals surface area contributed by atoms with E-state index in [1.165, 1.54) is 6.08 Å². The van der Waals surface area contributed by atoms with E-state index in [1.54, 1.807) is 0 Å². The third kappa shape index (κ3) is 2.49. The Bertz CT molecular complexity index is 666. The fraction of sp³-hybridized carbons (Fsp3) is 0.154. The molecule has 1 aromatic heterocycles. The molecule has 92 valence electrons. The molecule has 0 unspecified atom stereocenters. The van der Waals surface area contributed by atoms with Gasteiger partial charge in [-0.3, -0.25) is 10.1 Å². The van der Waals surface area contributed by atoms with Gasteiger partial charge in [0.05, 0.1) is 10.4 Å². The lowest BCUT2D eigenvalue weighted by molar-refractivity contribution is -0.400. The van der Waals surface area contributed by atoms with Gasteiger partial charge >= 0.3 is 0 Å². The lowest BCUT2D eigenvalue weighted by Crippen LogP contribution is -1.90. The molecule has 0 N–H and O–H groups in total. The van der Waals surface area contributed by atoms with Crippen LogP contribution in [0.3, 0.4) is 0 Å². The molecule has 2 rings (SSSR count). The molecule has 1 heterocycles. The monoisotopic (exact) mass is 262 g/mol. The van der Waals surface area contributed by atoms with Crippen LogP contribution in [0.5, 0.6) is 0 Å². The summed E-state index contributed by atoms with van der Waals surface area (Å²) in [5.74, 6) is 0. The summed E-state index contributed by atoms with van der Waals surface area (Å²) in [6.45, 7) is 3.97. The minimum Gasteiger partial charge on any atom is -0.259 e. The van der Waals surface area contributed by atoms with Crippen LogP contribution in [0.25, 0.3) is 17.0 Å². The zero-order valence-corrected chi connectivity index (χ0v) is 10.7. The van der Waals surface area contributed by atoms with Gasteiger partial charge in [0.2, 0.25) is 6.20 Å². The van der Waals surface area contributed by atoms with Crippen LogP contribution in [0.2, 0.25) is 5.15 Å². The van der Waals surface area contributed by atoms with Gasteiger partial charge in [-0.2, -0.15) is 0 Å². The van der Waals surface area contributed by atoms with E-state index >= 15 is 0 Å². The highest BCUT2D eigenvalue weighted by Gasteiger charge is 2.06. The first-order valence-electron chi connectivity index (χ1n) is 5.36. The van der Waals surface area contributed by atoms with Gasteiger partial charge in [0, 0.05) is 17.0 Å². The highest BCUT2D eigenvalue weighted by atomic mass is 35.5. The highest BCUT2D eigenvalue weighted by Crippen LogP contribution is 2.25. The Morgan fingerprint density at radius 3 is 2.72 bits per heavy atom. The van der Waals surface area contributed by atoms with E-state index in [2.05, 4.69) is 4.98 Å². The van der Waals surface area contributed by atoms with Gasteiger partial charge < -0.3 is 0 Å². The molecule has 5 heteroatoms. The van der Waals surface area contributed by atoms with Gasteiger partial charge in [0.25, 0.3) is 0 Å². The quantitative estimate of drug-likeness (QED) is 0.470. The third-order valence-electron chi connectivity index (χ3n) is 2.64. The average Bonchev–Trinajstić information content (AvgIpc) is 2.26. The Balaban J connectivity index is 2.64. The number of hydrogen-bond donors (Lipinski definition) is 0. The maximum atomic E-state index is 10.3. The first-order valence-corrected chi connectivity index (χ1v) is 5.74. The smallest absolute Gasteiger partial charge is 0.235 e. The molecule has 0 bridgehead atoms. The van der Waals surface area contributed by atoms with Crippen molar-refractivity contribution in [1.29, 1.82) is 0 Å². The average molecular weight is 263 g/mol. The van der Waals surface area contributed by atoms with E-state index < -0.39 is 4.92 Å². The van der Waals surface area contributed by atoms with Crippen LogP contribution >= 0.6 is 11.6 Å². The molecule has 2 aromatic rings. The molecule has 4 nitrogen and oxygen atoms in total. The summed E-state index contributed by atoms with van der Waals surface area (Å²) >= 11 is 6.01. The third-order valence-corrected chi connectivity index (χ3v) is 2.94. The van der Waals surface area contributed by atoms with Crippen molar-refractivity contribution in [3.8, 4) is 0 Å². The van der Waals surface area contributed by atoms with Crippen molar-refractivity contribution in [2.45, 2.75) is 13.8 Å². The lowest BCUT2D eigenvalue weighted by Gasteiger charge is -2.06. The molecule has 18 heavy (non-hydrogen) atoms. The minimum atomic E-state index is -0.525. The van der Waals surface area contributed by atoms with Gasteiger partial charge in [0.1, 0.15) is 5.15 Å². The van der Waals surface area contributed by atoms with Crippen LogP contribution in [0, 0.1) is 24.0 Å². The summed E-state index contributed by atoms with van der Waals surface area (Å²) in [7, 11) is 0. The molecule has 0 saturated heterocycles. The zero-order chi connectivity index (χ0) is 13.3. The fourth-order valence-electron chi connectivity index (χ4n) is 1.88. The molecule has 0 amide bonds. The van der Waals surface area contributed by atoms with Gasteiger partial charge in [0.15, 0.2) is 0 Å². The maximum absolute atomic E-state index is 10.3. The number of benzene rings is 1. The van der Waals surface area contributed by atoms with Crippen LogP contribution in [0.15, 0.2) is 24.4 Å². The van der Waals surface area contributed by atoms with Crippen LogP contribution in [0.1, 0.15) is 16.7 Å². The summed E-state index contributed by atoms with van der Waals surface area (Å²) in [6, 6.07) is 5.80. The molecule has 0 spiro atoms. The first-order chi connectivity index (χ1) is 8.47. The molecule has 0 aliphatic rings. The lowest BCUT2D eigenvalue weighted by atomic mass is 10.0. The molecular formula is C13H11ClN2O2. The second kappa shape index (κ2) is 4.74. The summed E-state index contributed by atoms with van der Waals surface area (Å²) in [5.41, 5.74) is 3.53. The Labute approximate surface area is 109 Å². The van der Waals surface area contributed by atoms with Crippen molar-refractivity contribution >= 4 is 28.6 Å². The van der Waals surface area contributed by atoms with Crippen molar-refractivity contribution in [3.05, 3.63) is 56.4 Å². The summed E-state index contributed by atoms with van der Waals surface area (Å²) in [6.07, 6.45) is 2.21. The minimum absolute atomic E-state index is 0.269. The molecular weight excluding hydrogens is 252 g/mol. The Morgan fingerprint density at radius 2 is 2.06 bits per heavy atom. The maximum Gasteiger partial charge on any atom is 0.235 e. The van der Waals surface area contributed by atoms with Crippen molar-refractivity contribution in [3.63, 3.8) is 0 Å². The number of halogens is 1. The molecule has 1 aromatic carbocycles. The number of fused-ring (bicyclic) bond motifs is 1. The van der Waals surface area contributed by atoms with Gasteiger partial charge in [-0.25, -0.2) is 4.98 Å². The number of nitro groups is 1. The van der Waals surface area contributed by atoms with Crippen molar-refractivity contribution in [2.24, 2.45) is 0 Å². The molecule has 0 radical (unpaired) electrons. The highest BCUT2D eigenvalue weighted by molar-refractivity contribution is 6.31. The van der Waals surface area contributed by atoms with Crippen LogP contribution in [-0.4, -0.2) is 9.91 Å². The number of aromatic nitrogens is 1. The number of rotatable bonds is 2. The van der Waals surface area contributed by atoms with E-state index in [9.17, 15) is 10.1 Å². The Kier molecular flexibility index (Phi) is 3.30. The standard InChI is InChI=1S/C13H11ClN2O2/c1-8-5-9(2)11-7-10(3-4-16(17)18)13(14)15-12(11)6-8/h3-7H,1-2H3/b4-3+. The first kappa shape index (κ1) is 12.5. The molecule has 0 atom stereocenters. The predicted octanol–water partition coefficient (Wildman–Crippen LogP) is 3.75. The number of aryl methyl sites for hydroxylation is 2. The van der Waals surface area contributed by atoms with Crippen molar-refractivity contribution in [1.82, 2.24) is 4.98 Å². The van der Waals surface area contributed by atoms with Crippen LogP contribution in [-0.2, 0) is 0 Å². The number of hydrogen-bond acceptors (Lipinski definition) is 3. The number of pyridine rings is 1. The van der Waals surface area contributed by atoms with Crippen LogP contribution < -0.4 is 0 Å². The zero-order valence-electron chi connectivity index (χ0n) is 9.98.